The van der Waals surface area contributed by atoms with Gasteiger partial charge in [-0.1, -0.05) is 24.0 Å². The number of nitrogens with zero attached hydrogens (tertiary/aromatic N) is 4. The molecular weight excluding hydrogens is 531 g/mol. The Hall–Kier alpha value is -3.91. The Morgan fingerprint density at radius 1 is 0.951 bits per heavy atom. The van der Waals surface area contributed by atoms with Crippen molar-refractivity contribution >= 4 is 17.3 Å². The van der Waals surface area contributed by atoms with Crippen LogP contribution in [0.1, 0.15) is 32.6 Å². The van der Waals surface area contributed by atoms with Gasteiger partial charge in [0, 0.05) is 74.4 Å². The summed E-state index contributed by atoms with van der Waals surface area (Å²) in [6.07, 6.45) is -1.08. The normalized spacial score (nSPS) is 16.6. The molecule has 0 unspecified atom stereocenters. The van der Waals surface area contributed by atoms with Crippen LogP contribution in [-0.4, -0.2) is 80.2 Å². The van der Waals surface area contributed by atoms with Crippen LogP contribution in [0.5, 0.6) is 0 Å². The zero-order valence-corrected chi connectivity index (χ0v) is 22.9. The number of morpholine rings is 1. The van der Waals surface area contributed by atoms with Gasteiger partial charge >= 0.3 is 6.18 Å². The molecule has 0 radical (unpaired) electrons. The van der Waals surface area contributed by atoms with Crippen molar-refractivity contribution in [1.82, 2.24) is 14.8 Å². The van der Waals surface area contributed by atoms with Crippen LogP contribution < -0.4 is 10.2 Å². The van der Waals surface area contributed by atoms with Crippen molar-refractivity contribution in [3.8, 4) is 11.8 Å². The monoisotopic (exact) mass is 563 g/mol. The molecule has 3 aromatic rings. The van der Waals surface area contributed by atoms with Crippen LogP contribution >= 0.6 is 0 Å². The smallest absolute Gasteiger partial charge is 0.378 e. The average Bonchev–Trinajstić information content (AvgIpc) is 2.98. The van der Waals surface area contributed by atoms with Crippen LogP contribution in [0.15, 0.2) is 60.9 Å². The predicted octanol–water partition coefficient (Wildman–Crippen LogP) is 4.34. The topological polar surface area (TPSA) is 60.9 Å². The molecule has 2 aromatic carbocycles. The predicted molar refractivity (Wildman–Crippen MR) is 152 cm³/mol. The van der Waals surface area contributed by atoms with Crippen LogP contribution in [0, 0.1) is 11.8 Å². The fourth-order valence-corrected chi connectivity index (χ4v) is 4.88. The lowest BCUT2D eigenvalue weighted by Gasteiger charge is -2.33. The third kappa shape index (κ3) is 7.64. The third-order valence-corrected chi connectivity index (χ3v) is 7.24. The Morgan fingerprint density at radius 3 is 2.46 bits per heavy atom. The van der Waals surface area contributed by atoms with E-state index < -0.39 is 17.6 Å². The molecule has 0 bridgehead atoms. The maximum Gasteiger partial charge on any atom is 0.416 e. The molecule has 1 N–H and O–H groups in total. The van der Waals surface area contributed by atoms with Crippen molar-refractivity contribution in [1.29, 1.82) is 0 Å². The molecule has 0 spiro atoms. The Morgan fingerprint density at radius 2 is 1.71 bits per heavy atom. The molecule has 0 aliphatic carbocycles. The molecule has 1 amide bonds. The molecule has 2 aliphatic rings. The minimum absolute atomic E-state index is 0.0538. The number of carbonyl (C=O) groups is 1. The number of alkyl halides is 3. The summed E-state index contributed by atoms with van der Waals surface area (Å²) in [5.41, 5.74) is 2.16. The Balaban J connectivity index is 1.28. The number of aromatic nitrogens is 1. The number of hydrogen-bond acceptors (Lipinski definition) is 6. The summed E-state index contributed by atoms with van der Waals surface area (Å²) in [5, 5.41) is 2.71. The van der Waals surface area contributed by atoms with Crippen molar-refractivity contribution in [2.24, 2.45) is 0 Å². The number of nitrogens with one attached hydrogen (secondary N) is 1. The summed E-state index contributed by atoms with van der Waals surface area (Å²) in [6, 6.07) is 12.7. The van der Waals surface area contributed by atoms with E-state index in [9.17, 15) is 18.0 Å². The molecule has 2 saturated heterocycles. The van der Waals surface area contributed by atoms with Gasteiger partial charge < -0.3 is 19.9 Å². The fourth-order valence-electron chi connectivity index (χ4n) is 4.88. The molecule has 7 nitrogen and oxygen atoms in total. The Kier molecular flexibility index (Phi) is 8.88. The second-order valence-electron chi connectivity index (χ2n) is 10.3. The van der Waals surface area contributed by atoms with Crippen molar-refractivity contribution in [3.63, 3.8) is 0 Å². The van der Waals surface area contributed by atoms with Crippen LogP contribution in [0.4, 0.5) is 24.5 Å². The number of piperazine rings is 1. The van der Waals surface area contributed by atoms with E-state index in [4.69, 9.17) is 4.74 Å². The number of rotatable bonds is 5. The van der Waals surface area contributed by atoms with Crippen molar-refractivity contribution < 1.29 is 22.7 Å². The van der Waals surface area contributed by atoms with E-state index in [2.05, 4.69) is 31.9 Å². The van der Waals surface area contributed by atoms with E-state index in [0.29, 0.717) is 37.6 Å². The van der Waals surface area contributed by atoms with Crippen LogP contribution in [0.3, 0.4) is 0 Å². The van der Waals surface area contributed by atoms with Crippen molar-refractivity contribution in [2.75, 3.05) is 69.7 Å². The molecule has 41 heavy (non-hydrogen) atoms. The van der Waals surface area contributed by atoms with Gasteiger partial charge in [0.25, 0.3) is 5.91 Å². The number of ether oxygens (including phenoxy) is 1. The lowest BCUT2D eigenvalue weighted by molar-refractivity contribution is -0.138. The molecule has 214 valence electrons. The second kappa shape index (κ2) is 12.7. The van der Waals surface area contributed by atoms with E-state index in [-0.39, 0.29) is 17.7 Å². The molecule has 3 heterocycles. The van der Waals surface area contributed by atoms with Gasteiger partial charge in [-0.2, -0.15) is 13.2 Å². The highest BCUT2D eigenvalue weighted by molar-refractivity contribution is 6.04. The number of likely N-dealkylation sites (N-methyl/N-ethyl adjacent to an activating group) is 1. The molecule has 10 heteroatoms. The number of halogens is 3. The van der Waals surface area contributed by atoms with Crippen LogP contribution in [-0.2, 0) is 17.5 Å². The maximum atomic E-state index is 14.0. The van der Waals surface area contributed by atoms with Crippen molar-refractivity contribution in [3.05, 3.63) is 88.7 Å². The SMILES string of the molecule is CN1CCN(Cc2ccc(C(=O)Nc3cccc(C#Cc4cncc(N5CCOCC5)c4)c3)cc2C(F)(F)F)CC1. The van der Waals surface area contributed by atoms with E-state index in [0.717, 1.165) is 43.5 Å². The first kappa shape index (κ1) is 28.6. The lowest BCUT2D eigenvalue weighted by atomic mass is 10.0. The van der Waals surface area contributed by atoms with Gasteiger partial charge in [0.2, 0.25) is 0 Å². The van der Waals surface area contributed by atoms with E-state index in [1.807, 2.05) is 18.0 Å². The van der Waals surface area contributed by atoms with Gasteiger partial charge in [0.1, 0.15) is 0 Å². The number of anilines is 2. The van der Waals surface area contributed by atoms with E-state index in [1.165, 1.54) is 12.1 Å². The fraction of sp³-hybridized carbons (Fsp3) is 0.355. The molecule has 0 atom stereocenters. The number of hydrogen-bond donors (Lipinski definition) is 1. The van der Waals surface area contributed by atoms with Gasteiger partial charge in [0.15, 0.2) is 0 Å². The maximum absolute atomic E-state index is 14.0. The quantitative estimate of drug-likeness (QED) is 0.467. The van der Waals surface area contributed by atoms with Crippen molar-refractivity contribution in [2.45, 2.75) is 12.7 Å². The first-order valence-electron chi connectivity index (χ1n) is 13.6. The molecule has 2 aliphatic heterocycles. The number of benzene rings is 2. The highest BCUT2D eigenvalue weighted by atomic mass is 19.4. The van der Waals surface area contributed by atoms with Crippen LogP contribution in [0.25, 0.3) is 0 Å². The zero-order valence-electron chi connectivity index (χ0n) is 22.9. The average molecular weight is 564 g/mol. The van der Waals surface area contributed by atoms with E-state index >= 15 is 0 Å². The standard InChI is InChI=1S/C31H32F3N5O2/c1-37-9-11-38(12-10-37)22-26-8-7-25(19-29(26)31(32,33)34)30(40)36-27-4-2-3-23(17-27)5-6-24-18-28(21-35-20-24)39-13-15-41-16-14-39/h2-4,7-8,17-21H,9-16,22H2,1H3,(H,36,40). The first-order chi connectivity index (χ1) is 19.7. The molecule has 0 saturated carbocycles. The molecule has 5 rings (SSSR count). The summed E-state index contributed by atoms with van der Waals surface area (Å²) in [7, 11) is 2.00. The number of carbonyl (C=O) groups excluding carboxylic acids is 1. The molecular formula is C31H32F3N5O2. The second-order valence-corrected chi connectivity index (χ2v) is 10.3. The minimum Gasteiger partial charge on any atom is -0.378 e. The summed E-state index contributed by atoms with van der Waals surface area (Å²) in [4.78, 5) is 23.6. The van der Waals surface area contributed by atoms with Gasteiger partial charge in [-0.05, 0) is 49.0 Å². The van der Waals surface area contributed by atoms with Gasteiger partial charge in [-0.25, -0.2) is 0 Å². The number of amides is 1. The van der Waals surface area contributed by atoms with Gasteiger partial charge in [-0.15, -0.1) is 0 Å². The number of pyridine rings is 1. The minimum atomic E-state index is -4.57. The molecule has 1 aromatic heterocycles. The Bertz CT molecular complexity index is 1440. The highest BCUT2D eigenvalue weighted by Crippen LogP contribution is 2.33. The van der Waals surface area contributed by atoms with Gasteiger partial charge in [-0.3, -0.25) is 14.7 Å². The largest absolute Gasteiger partial charge is 0.416 e. The van der Waals surface area contributed by atoms with Crippen LogP contribution in [0.2, 0.25) is 0 Å². The summed E-state index contributed by atoms with van der Waals surface area (Å²) in [5.74, 6) is 5.57. The first-order valence-corrected chi connectivity index (χ1v) is 13.6. The summed E-state index contributed by atoms with van der Waals surface area (Å²) < 4.78 is 47.3. The van der Waals surface area contributed by atoms with Gasteiger partial charge in [0.05, 0.1) is 30.7 Å². The highest BCUT2D eigenvalue weighted by Gasteiger charge is 2.34. The Labute approximate surface area is 237 Å². The third-order valence-electron chi connectivity index (χ3n) is 7.24. The summed E-state index contributed by atoms with van der Waals surface area (Å²) >= 11 is 0. The zero-order chi connectivity index (χ0) is 28.8. The lowest BCUT2D eigenvalue weighted by Crippen LogP contribution is -2.44. The van der Waals surface area contributed by atoms with E-state index in [1.54, 1.807) is 36.7 Å². The molecule has 2 fully saturated rings. The summed E-state index contributed by atoms with van der Waals surface area (Å²) in [6.45, 7) is 6.14.